The summed E-state index contributed by atoms with van der Waals surface area (Å²) in [6.45, 7) is 3.71. The molecular weight excluding hydrogens is 172 g/mol. The minimum Gasteiger partial charge on any atom is -0.303 e. The predicted octanol–water partition coefficient (Wildman–Crippen LogP) is 3.20. The lowest BCUT2D eigenvalue weighted by Crippen LogP contribution is -2.15. The van der Waals surface area contributed by atoms with Gasteiger partial charge in [0.05, 0.1) is 0 Å². The van der Waals surface area contributed by atoms with Gasteiger partial charge in [-0.1, -0.05) is 12.5 Å². The summed E-state index contributed by atoms with van der Waals surface area (Å²) in [5, 5.41) is 0. The monoisotopic (exact) mass is 192 g/mol. The molecule has 14 heavy (non-hydrogen) atoms. The van der Waals surface area contributed by atoms with Crippen LogP contribution in [0.5, 0.6) is 0 Å². The fourth-order valence-corrected chi connectivity index (χ4v) is 3.48. The average molecular weight is 192 g/mol. The molecule has 4 atom stereocenters. The Hall–Kier alpha value is -0.590. The second-order valence-electron chi connectivity index (χ2n) is 5.09. The molecule has 2 saturated carbocycles. The molecule has 0 aromatic heterocycles. The van der Waals surface area contributed by atoms with Crippen molar-refractivity contribution < 1.29 is 4.79 Å². The van der Waals surface area contributed by atoms with Gasteiger partial charge in [0.1, 0.15) is 6.29 Å². The zero-order valence-electron chi connectivity index (χ0n) is 8.82. The first-order chi connectivity index (χ1) is 6.83. The van der Waals surface area contributed by atoms with E-state index in [4.69, 9.17) is 0 Å². The van der Waals surface area contributed by atoms with Gasteiger partial charge in [0, 0.05) is 5.92 Å². The second-order valence-corrected chi connectivity index (χ2v) is 5.09. The Kier molecular flexibility index (Phi) is 3.05. The Labute approximate surface area is 86.6 Å². The number of hydrogen-bond acceptors (Lipinski definition) is 1. The highest BCUT2D eigenvalue weighted by Crippen LogP contribution is 2.50. The molecule has 1 heteroatoms. The molecule has 0 radical (unpaired) electrons. The van der Waals surface area contributed by atoms with Gasteiger partial charge in [0.2, 0.25) is 0 Å². The molecule has 0 heterocycles. The van der Waals surface area contributed by atoms with Crippen molar-refractivity contribution in [1.29, 1.82) is 0 Å². The maximum Gasteiger partial charge on any atom is 0.123 e. The van der Waals surface area contributed by atoms with Crippen molar-refractivity contribution in [2.24, 2.45) is 23.7 Å². The minimum absolute atomic E-state index is 0.247. The Balaban J connectivity index is 1.84. The van der Waals surface area contributed by atoms with Crippen LogP contribution >= 0.6 is 0 Å². The molecule has 2 bridgehead atoms. The smallest absolute Gasteiger partial charge is 0.123 e. The third kappa shape index (κ3) is 1.92. The Morgan fingerprint density at radius 2 is 2.21 bits per heavy atom. The van der Waals surface area contributed by atoms with Crippen molar-refractivity contribution in [3.05, 3.63) is 12.7 Å². The first-order valence-corrected chi connectivity index (χ1v) is 5.89. The van der Waals surface area contributed by atoms with Crippen LogP contribution in [-0.4, -0.2) is 6.29 Å². The van der Waals surface area contributed by atoms with Crippen LogP contribution in [0, 0.1) is 23.7 Å². The molecule has 2 fully saturated rings. The number of fused-ring (bicyclic) bond motifs is 2. The summed E-state index contributed by atoms with van der Waals surface area (Å²) in [6.07, 6.45) is 10.7. The molecule has 78 valence electrons. The molecular formula is C13H20O. The summed E-state index contributed by atoms with van der Waals surface area (Å²) >= 11 is 0. The van der Waals surface area contributed by atoms with Gasteiger partial charge in [-0.05, 0) is 49.9 Å². The molecule has 0 saturated heterocycles. The van der Waals surface area contributed by atoms with E-state index in [1.807, 2.05) is 6.08 Å². The first kappa shape index (κ1) is 9.95. The van der Waals surface area contributed by atoms with E-state index in [1.54, 1.807) is 0 Å². The van der Waals surface area contributed by atoms with Crippen LogP contribution in [0.25, 0.3) is 0 Å². The molecule has 0 aliphatic heterocycles. The van der Waals surface area contributed by atoms with Gasteiger partial charge in [-0.3, -0.25) is 0 Å². The highest BCUT2D eigenvalue weighted by Gasteiger charge is 2.39. The van der Waals surface area contributed by atoms with E-state index < -0.39 is 0 Å². The van der Waals surface area contributed by atoms with E-state index in [9.17, 15) is 4.79 Å². The lowest BCUT2D eigenvalue weighted by molar-refractivity contribution is -0.111. The van der Waals surface area contributed by atoms with Crippen LogP contribution in [-0.2, 0) is 4.79 Å². The van der Waals surface area contributed by atoms with E-state index >= 15 is 0 Å². The third-order valence-corrected chi connectivity index (χ3v) is 4.15. The van der Waals surface area contributed by atoms with Crippen LogP contribution in [0.3, 0.4) is 0 Å². The Morgan fingerprint density at radius 3 is 2.71 bits per heavy atom. The van der Waals surface area contributed by atoms with Crippen LogP contribution < -0.4 is 0 Å². The number of hydrogen-bond donors (Lipinski definition) is 0. The molecule has 1 nitrogen and oxygen atoms in total. The molecule has 4 unspecified atom stereocenters. The van der Waals surface area contributed by atoms with Crippen molar-refractivity contribution in [2.75, 3.05) is 0 Å². The van der Waals surface area contributed by atoms with Gasteiger partial charge in [-0.25, -0.2) is 0 Å². The number of rotatable bonds is 5. The van der Waals surface area contributed by atoms with Gasteiger partial charge < -0.3 is 4.79 Å². The maximum absolute atomic E-state index is 10.8. The van der Waals surface area contributed by atoms with Crippen molar-refractivity contribution in [3.8, 4) is 0 Å². The lowest BCUT2D eigenvalue weighted by Gasteiger charge is -2.23. The highest BCUT2D eigenvalue weighted by atomic mass is 16.1. The average Bonchev–Trinajstić information content (AvgIpc) is 2.78. The van der Waals surface area contributed by atoms with Crippen LogP contribution in [0.1, 0.15) is 38.5 Å². The summed E-state index contributed by atoms with van der Waals surface area (Å²) in [5.41, 5.74) is 0. The van der Waals surface area contributed by atoms with Crippen LogP contribution in [0.2, 0.25) is 0 Å². The molecule has 0 amide bonds. The molecule has 0 aromatic rings. The minimum atomic E-state index is 0.247. The van der Waals surface area contributed by atoms with Crippen LogP contribution in [0.4, 0.5) is 0 Å². The summed E-state index contributed by atoms with van der Waals surface area (Å²) < 4.78 is 0. The van der Waals surface area contributed by atoms with Crippen molar-refractivity contribution >= 4 is 6.29 Å². The SMILES string of the molecule is C=CCC(C=O)CC1CC2CCC1C2. The molecule has 2 aliphatic rings. The fraction of sp³-hybridized carbons (Fsp3) is 0.769. The number of carbonyl (C=O) groups is 1. The topological polar surface area (TPSA) is 17.1 Å². The van der Waals surface area contributed by atoms with Gasteiger partial charge >= 0.3 is 0 Å². The number of carbonyl (C=O) groups excluding carboxylic acids is 1. The molecule has 2 aliphatic carbocycles. The second kappa shape index (κ2) is 4.29. The molecule has 0 spiro atoms. The summed E-state index contributed by atoms with van der Waals surface area (Å²) in [4.78, 5) is 10.8. The van der Waals surface area contributed by atoms with E-state index in [-0.39, 0.29) is 5.92 Å². The van der Waals surface area contributed by atoms with Crippen molar-refractivity contribution in [3.63, 3.8) is 0 Å². The van der Waals surface area contributed by atoms with Crippen LogP contribution in [0.15, 0.2) is 12.7 Å². The van der Waals surface area contributed by atoms with Gasteiger partial charge in [-0.2, -0.15) is 0 Å². The summed E-state index contributed by atoms with van der Waals surface area (Å²) in [5.74, 6) is 3.05. The van der Waals surface area contributed by atoms with E-state index in [0.717, 1.165) is 36.9 Å². The first-order valence-electron chi connectivity index (χ1n) is 5.89. The van der Waals surface area contributed by atoms with Crippen molar-refractivity contribution in [2.45, 2.75) is 38.5 Å². The van der Waals surface area contributed by atoms with E-state index in [1.165, 1.54) is 25.7 Å². The summed E-state index contributed by atoms with van der Waals surface area (Å²) in [6, 6.07) is 0. The standard InChI is InChI=1S/C13H20O/c1-2-3-11(9-14)8-13-7-10-4-5-12(13)6-10/h2,9-13H,1,3-8H2. The molecule has 0 aromatic carbocycles. The maximum atomic E-state index is 10.8. The lowest BCUT2D eigenvalue weighted by atomic mass is 9.82. The normalized spacial score (nSPS) is 37.0. The number of allylic oxidation sites excluding steroid dienone is 1. The third-order valence-electron chi connectivity index (χ3n) is 4.15. The fourth-order valence-electron chi connectivity index (χ4n) is 3.48. The number of aldehydes is 1. The van der Waals surface area contributed by atoms with Gasteiger partial charge in [-0.15, -0.1) is 6.58 Å². The van der Waals surface area contributed by atoms with Crippen molar-refractivity contribution in [1.82, 2.24) is 0 Å². The quantitative estimate of drug-likeness (QED) is 0.483. The zero-order valence-corrected chi connectivity index (χ0v) is 8.82. The largest absolute Gasteiger partial charge is 0.303 e. The van der Waals surface area contributed by atoms with Gasteiger partial charge in [0.25, 0.3) is 0 Å². The molecule has 0 N–H and O–H groups in total. The van der Waals surface area contributed by atoms with E-state index in [0.29, 0.717) is 0 Å². The van der Waals surface area contributed by atoms with Gasteiger partial charge in [0.15, 0.2) is 0 Å². The summed E-state index contributed by atoms with van der Waals surface area (Å²) in [7, 11) is 0. The predicted molar refractivity (Wildman–Crippen MR) is 57.9 cm³/mol. The van der Waals surface area contributed by atoms with E-state index in [2.05, 4.69) is 6.58 Å². The Bertz CT molecular complexity index is 221. The molecule has 2 rings (SSSR count). The zero-order chi connectivity index (χ0) is 9.97. The highest BCUT2D eigenvalue weighted by molar-refractivity contribution is 5.53. The Morgan fingerprint density at radius 1 is 1.36 bits per heavy atom.